The van der Waals surface area contributed by atoms with Crippen molar-refractivity contribution in [3.8, 4) is 0 Å². The topological polar surface area (TPSA) is 95.5 Å². The van der Waals surface area contributed by atoms with Crippen molar-refractivity contribution in [2.75, 3.05) is 10.6 Å². The van der Waals surface area contributed by atoms with Gasteiger partial charge in [0.05, 0.1) is 11.8 Å². The highest BCUT2D eigenvalue weighted by molar-refractivity contribution is 6.30. The van der Waals surface area contributed by atoms with E-state index in [1.165, 1.54) is 0 Å². The van der Waals surface area contributed by atoms with Gasteiger partial charge in [-0.3, -0.25) is 14.4 Å². The molecule has 2 aromatic rings. The van der Waals surface area contributed by atoms with Crippen LogP contribution in [0.4, 0.5) is 11.4 Å². The lowest BCUT2D eigenvalue weighted by Crippen LogP contribution is -2.36. The van der Waals surface area contributed by atoms with E-state index in [-0.39, 0.29) is 23.7 Å². The molecule has 2 bridgehead atoms. The number of halogens is 1. The minimum atomic E-state index is -0.938. The number of carboxylic acid groups (broad SMARTS) is 1. The van der Waals surface area contributed by atoms with Crippen molar-refractivity contribution < 1.29 is 19.5 Å². The Balaban J connectivity index is 1.50. The molecular formula is C23H21ClN2O4. The lowest BCUT2D eigenvalue weighted by atomic mass is 9.82. The van der Waals surface area contributed by atoms with Gasteiger partial charge in [0.1, 0.15) is 0 Å². The number of carboxylic acids is 1. The average molecular weight is 425 g/mol. The number of amides is 2. The van der Waals surface area contributed by atoms with Crippen LogP contribution in [-0.4, -0.2) is 22.9 Å². The van der Waals surface area contributed by atoms with Gasteiger partial charge in [0, 0.05) is 22.0 Å². The van der Waals surface area contributed by atoms with E-state index < -0.39 is 17.8 Å². The van der Waals surface area contributed by atoms with Crippen LogP contribution in [0, 0.1) is 30.6 Å². The zero-order chi connectivity index (χ0) is 21.4. The molecule has 1 fully saturated rings. The predicted molar refractivity (Wildman–Crippen MR) is 115 cm³/mol. The molecule has 4 unspecified atom stereocenters. The van der Waals surface area contributed by atoms with Crippen molar-refractivity contribution in [1.82, 2.24) is 0 Å². The van der Waals surface area contributed by atoms with Gasteiger partial charge in [-0.2, -0.15) is 0 Å². The molecule has 0 aromatic heterocycles. The van der Waals surface area contributed by atoms with Crippen LogP contribution in [0.3, 0.4) is 0 Å². The highest BCUT2D eigenvalue weighted by Gasteiger charge is 2.51. The zero-order valence-electron chi connectivity index (χ0n) is 16.3. The summed E-state index contributed by atoms with van der Waals surface area (Å²) in [5.74, 6) is -2.96. The summed E-state index contributed by atoms with van der Waals surface area (Å²) in [4.78, 5) is 37.1. The zero-order valence-corrected chi connectivity index (χ0v) is 17.0. The van der Waals surface area contributed by atoms with Crippen LogP contribution in [0.25, 0.3) is 0 Å². The molecule has 154 valence electrons. The van der Waals surface area contributed by atoms with E-state index in [1.807, 2.05) is 19.1 Å². The molecule has 1 saturated carbocycles. The molecule has 3 N–H and O–H groups in total. The molecule has 4 atom stereocenters. The van der Waals surface area contributed by atoms with Crippen LogP contribution in [0.5, 0.6) is 0 Å². The Morgan fingerprint density at radius 1 is 0.967 bits per heavy atom. The van der Waals surface area contributed by atoms with Gasteiger partial charge >= 0.3 is 5.97 Å². The second-order valence-corrected chi connectivity index (χ2v) is 8.25. The van der Waals surface area contributed by atoms with Crippen molar-refractivity contribution in [3.05, 3.63) is 70.8 Å². The molecule has 0 saturated heterocycles. The summed E-state index contributed by atoms with van der Waals surface area (Å²) in [6.07, 6.45) is 4.55. The first kappa shape index (κ1) is 20.2. The molecule has 2 aliphatic rings. The van der Waals surface area contributed by atoms with Crippen LogP contribution >= 0.6 is 11.6 Å². The van der Waals surface area contributed by atoms with E-state index in [0.717, 1.165) is 5.56 Å². The molecule has 6 nitrogen and oxygen atoms in total. The number of aryl methyl sites for hydroxylation is 1. The summed E-state index contributed by atoms with van der Waals surface area (Å²) >= 11 is 5.87. The molecule has 2 aliphatic carbocycles. The third-order valence-corrected chi connectivity index (χ3v) is 6.16. The van der Waals surface area contributed by atoms with E-state index in [4.69, 9.17) is 11.6 Å². The number of allylic oxidation sites excluding steroid dienone is 2. The second-order valence-electron chi connectivity index (χ2n) is 7.82. The van der Waals surface area contributed by atoms with Crippen LogP contribution in [0.2, 0.25) is 5.02 Å². The van der Waals surface area contributed by atoms with E-state index in [1.54, 1.807) is 42.5 Å². The maximum Gasteiger partial charge on any atom is 0.307 e. The summed E-state index contributed by atoms with van der Waals surface area (Å²) in [5.41, 5.74) is 2.37. The maximum absolute atomic E-state index is 12.9. The molecule has 0 aliphatic heterocycles. The monoisotopic (exact) mass is 424 g/mol. The Morgan fingerprint density at radius 2 is 1.63 bits per heavy atom. The molecule has 0 radical (unpaired) electrons. The van der Waals surface area contributed by atoms with Crippen molar-refractivity contribution in [1.29, 1.82) is 0 Å². The van der Waals surface area contributed by atoms with Gasteiger partial charge in [-0.15, -0.1) is 0 Å². The number of aliphatic carboxylic acids is 1. The highest BCUT2D eigenvalue weighted by Crippen LogP contribution is 2.48. The first-order valence-corrected chi connectivity index (χ1v) is 10.1. The number of carbonyl (C=O) groups is 3. The van der Waals surface area contributed by atoms with Crippen molar-refractivity contribution in [2.24, 2.45) is 23.7 Å². The van der Waals surface area contributed by atoms with Crippen LogP contribution < -0.4 is 10.6 Å². The summed E-state index contributed by atoms with van der Waals surface area (Å²) in [7, 11) is 0. The van der Waals surface area contributed by atoms with Crippen LogP contribution in [0.1, 0.15) is 22.3 Å². The van der Waals surface area contributed by atoms with Crippen molar-refractivity contribution in [2.45, 2.75) is 13.3 Å². The van der Waals surface area contributed by atoms with Crippen LogP contribution in [0.15, 0.2) is 54.6 Å². The normalized spacial score (nSPS) is 23.9. The summed E-state index contributed by atoms with van der Waals surface area (Å²) < 4.78 is 0. The van der Waals surface area contributed by atoms with Gasteiger partial charge in [-0.1, -0.05) is 29.8 Å². The number of fused-ring (bicyclic) bond motifs is 2. The second kappa shape index (κ2) is 7.95. The molecular weight excluding hydrogens is 404 g/mol. The number of hydrogen-bond donors (Lipinski definition) is 3. The summed E-state index contributed by atoms with van der Waals surface area (Å²) in [5, 5.41) is 15.8. The number of benzene rings is 2. The number of anilines is 2. The Morgan fingerprint density at radius 3 is 2.30 bits per heavy atom. The quantitative estimate of drug-likeness (QED) is 0.621. The maximum atomic E-state index is 12.9. The Hall–Kier alpha value is -3.12. The van der Waals surface area contributed by atoms with Gasteiger partial charge in [-0.05, 0) is 67.1 Å². The smallest absolute Gasteiger partial charge is 0.307 e. The van der Waals surface area contributed by atoms with Gasteiger partial charge in [0.25, 0.3) is 5.91 Å². The minimum absolute atomic E-state index is 0.0503. The minimum Gasteiger partial charge on any atom is -0.481 e. The van der Waals surface area contributed by atoms with E-state index >= 15 is 0 Å². The standard InChI is InChI=1S/C23H21ClN2O4/c1-12-2-9-17(11-18(12)26-21(27)13-5-7-16(24)8-6-13)25-22(28)19-14-3-4-15(10-14)20(19)23(29)30/h2-9,11,14-15,19-20H,10H2,1H3,(H,25,28)(H,26,27)(H,29,30). The Bertz CT molecular complexity index is 1050. The first-order valence-electron chi connectivity index (χ1n) is 9.73. The number of rotatable bonds is 5. The third-order valence-electron chi connectivity index (χ3n) is 5.91. The summed E-state index contributed by atoms with van der Waals surface area (Å²) in [6.45, 7) is 1.85. The lowest BCUT2D eigenvalue weighted by molar-refractivity contribution is -0.146. The van der Waals surface area contributed by atoms with E-state index in [9.17, 15) is 19.5 Å². The Kier molecular flexibility index (Phi) is 5.35. The Labute approximate surface area is 178 Å². The predicted octanol–water partition coefficient (Wildman–Crippen LogP) is 4.36. The molecule has 7 heteroatoms. The van der Waals surface area contributed by atoms with E-state index in [2.05, 4.69) is 10.6 Å². The number of hydrogen-bond acceptors (Lipinski definition) is 3. The lowest BCUT2D eigenvalue weighted by Gasteiger charge is -2.24. The van der Waals surface area contributed by atoms with Gasteiger partial charge in [0.2, 0.25) is 5.91 Å². The number of nitrogens with one attached hydrogen (secondary N) is 2. The van der Waals surface area contributed by atoms with E-state index in [0.29, 0.717) is 28.4 Å². The number of carbonyl (C=O) groups excluding carboxylic acids is 2. The van der Waals surface area contributed by atoms with Gasteiger partial charge in [0.15, 0.2) is 0 Å². The molecule has 2 amide bonds. The van der Waals surface area contributed by atoms with Crippen molar-refractivity contribution >= 4 is 40.8 Å². The molecule has 0 spiro atoms. The molecule has 2 aromatic carbocycles. The third kappa shape index (κ3) is 3.83. The largest absolute Gasteiger partial charge is 0.481 e. The first-order chi connectivity index (χ1) is 14.3. The fourth-order valence-electron chi connectivity index (χ4n) is 4.37. The van der Waals surface area contributed by atoms with Gasteiger partial charge in [-0.25, -0.2) is 0 Å². The SMILES string of the molecule is Cc1ccc(NC(=O)C2C3C=CC(C3)C2C(=O)O)cc1NC(=O)c1ccc(Cl)cc1. The molecule has 0 heterocycles. The van der Waals surface area contributed by atoms with Crippen molar-refractivity contribution in [3.63, 3.8) is 0 Å². The summed E-state index contributed by atoms with van der Waals surface area (Å²) in [6, 6.07) is 11.8. The average Bonchev–Trinajstić information content (AvgIpc) is 3.32. The van der Waals surface area contributed by atoms with Crippen LogP contribution in [-0.2, 0) is 9.59 Å². The highest BCUT2D eigenvalue weighted by atomic mass is 35.5. The van der Waals surface area contributed by atoms with Gasteiger partial charge < -0.3 is 15.7 Å². The fraction of sp³-hybridized carbons (Fsp3) is 0.261. The fourth-order valence-corrected chi connectivity index (χ4v) is 4.50. The molecule has 30 heavy (non-hydrogen) atoms. The molecule has 4 rings (SSSR count).